The topological polar surface area (TPSA) is 40.6 Å². The van der Waals surface area contributed by atoms with Crippen LogP contribution in [0.4, 0.5) is 5.69 Å². The number of nitrogens with zero attached hydrogens (tertiary/aromatic N) is 2. The average molecular weight is 398 g/mol. The summed E-state index contributed by atoms with van der Waals surface area (Å²) >= 11 is 23.7. The highest BCUT2D eigenvalue weighted by atomic mass is 35.6. The van der Waals surface area contributed by atoms with E-state index in [-0.39, 0.29) is 0 Å². The quantitative estimate of drug-likeness (QED) is 0.559. The van der Waals surface area contributed by atoms with Gasteiger partial charge in [-0.05, 0) is 24.1 Å². The monoisotopic (exact) mass is 396 g/mol. The van der Waals surface area contributed by atoms with Gasteiger partial charge in [0.25, 0.3) is 0 Å². The third-order valence-corrected chi connectivity index (χ3v) is 7.35. The van der Waals surface area contributed by atoms with Crippen molar-refractivity contribution in [1.29, 1.82) is 0 Å². The van der Waals surface area contributed by atoms with Crippen LogP contribution in [0, 0.1) is 0 Å². The van der Waals surface area contributed by atoms with Gasteiger partial charge in [0, 0.05) is 14.1 Å². The summed E-state index contributed by atoms with van der Waals surface area (Å²) in [5, 5.41) is 0. The third kappa shape index (κ3) is 4.73. The minimum atomic E-state index is -3.78. The van der Waals surface area contributed by atoms with Gasteiger partial charge in [-0.3, -0.25) is 0 Å². The summed E-state index contributed by atoms with van der Waals surface area (Å²) in [5.41, 5.74) is 0.408. The fraction of sp³-hybridized carbons (Fsp3) is 0.400. The van der Waals surface area contributed by atoms with Gasteiger partial charge >= 0.3 is 10.2 Å². The summed E-state index contributed by atoms with van der Waals surface area (Å²) in [5.74, 6) is 0. The molecule has 0 spiro atoms. The van der Waals surface area contributed by atoms with Crippen LogP contribution in [0.2, 0.25) is 0 Å². The van der Waals surface area contributed by atoms with E-state index >= 15 is 0 Å². The maximum Gasteiger partial charge on any atom is 0.313 e. The van der Waals surface area contributed by atoms with Crippen LogP contribution in [-0.4, -0.2) is 35.3 Å². The van der Waals surface area contributed by atoms with E-state index in [1.54, 1.807) is 30.3 Å². The van der Waals surface area contributed by atoms with E-state index < -0.39 is 18.7 Å². The molecule has 0 aliphatic carbocycles. The molecule has 0 saturated heterocycles. The number of hydrogen-bond acceptors (Lipinski definition) is 3. The van der Waals surface area contributed by atoms with E-state index in [4.69, 9.17) is 46.4 Å². The van der Waals surface area contributed by atoms with Crippen LogP contribution in [0.15, 0.2) is 30.3 Å². The Kier molecular flexibility index (Phi) is 6.59. The van der Waals surface area contributed by atoms with Crippen molar-refractivity contribution in [3.63, 3.8) is 0 Å². The second-order valence-corrected chi connectivity index (χ2v) is 10.1. The molecule has 0 aliphatic heterocycles. The number of benzene rings is 1. The number of rotatable bonds is 5. The van der Waals surface area contributed by atoms with Gasteiger partial charge < -0.3 is 0 Å². The molecule has 20 heavy (non-hydrogen) atoms. The molecule has 0 heterocycles. The molecule has 4 nitrogen and oxygen atoms in total. The Labute approximate surface area is 143 Å². The van der Waals surface area contributed by atoms with Gasteiger partial charge in [-0.1, -0.05) is 53.0 Å². The number of para-hydroxylation sites is 1. The van der Waals surface area contributed by atoms with Crippen LogP contribution in [-0.2, 0) is 10.2 Å². The van der Waals surface area contributed by atoms with Crippen LogP contribution < -0.4 is 3.71 Å². The van der Waals surface area contributed by atoms with Crippen LogP contribution in [0.3, 0.4) is 0 Å². The molecule has 1 aromatic carbocycles. The first-order valence-electron chi connectivity index (χ1n) is 5.22. The zero-order chi connectivity index (χ0) is 15.6. The van der Waals surface area contributed by atoms with E-state index in [0.29, 0.717) is 17.6 Å². The van der Waals surface area contributed by atoms with Gasteiger partial charge in [-0.15, -0.1) is 11.6 Å². The first kappa shape index (κ1) is 18.5. The number of halogens is 4. The van der Waals surface area contributed by atoms with Gasteiger partial charge in [-0.2, -0.15) is 16.4 Å². The van der Waals surface area contributed by atoms with E-state index in [9.17, 15) is 8.42 Å². The lowest BCUT2D eigenvalue weighted by atomic mass is 10.3. The van der Waals surface area contributed by atoms with Crippen LogP contribution >= 0.6 is 58.4 Å². The van der Waals surface area contributed by atoms with Gasteiger partial charge in [0.1, 0.15) is 4.71 Å². The summed E-state index contributed by atoms with van der Waals surface area (Å²) in [6.07, 6.45) is 0. The van der Waals surface area contributed by atoms with Crippen molar-refractivity contribution in [1.82, 2.24) is 4.31 Å². The number of hydrogen-bond donors (Lipinski definition) is 0. The molecular formula is C10H12Cl4N2O2S2. The minimum absolute atomic E-state index is 0.408. The highest BCUT2D eigenvalue weighted by Crippen LogP contribution is 2.43. The lowest BCUT2D eigenvalue weighted by molar-refractivity contribution is 0.523. The van der Waals surface area contributed by atoms with Gasteiger partial charge in [0.15, 0.2) is 0 Å². The molecule has 0 radical (unpaired) electrons. The van der Waals surface area contributed by atoms with E-state index in [1.165, 1.54) is 14.1 Å². The molecule has 0 bridgehead atoms. The lowest BCUT2D eigenvalue weighted by Crippen LogP contribution is -2.38. The second kappa shape index (κ2) is 7.13. The predicted molar refractivity (Wildman–Crippen MR) is 89.0 cm³/mol. The van der Waals surface area contributed by atoms with E-state index in [1.807, 2.05) is 0 Å². The highest BCUT2D eigenvalue weighted by Gasteiger charge is 2.37. The molecule has 0 aliphatic rings. The molecule has 10 heteroatoms. The van der Waals surface area contributed by atoms with E-state index in [2.05, 4.69) is 0 Å². The maximum atomic E-state index is 12.3. The Bertz CT molecular complexity index is 534. The summed E-state index contributed by atoms with van der Waals surface area (Å²) in [4.78, 5) is 0. The maximum absolute atomic E-state index is 12.3. The Balaban J connectivity index is 3.17. The predicted octanol–water partition coefficient (Wildman–Crippen LogP) is 3.88. The SMILES string of the molecule is CN(C)S(=O)(=O)N(SC(Cl)C(Cl)(Cl)Cl)c1ccccc1. The molecule has 0 fully saturated rings. The van der Waals surface area contributed by atoms with Crippen LogP contribution in [0.25, 0.3) is 0 Å². The molecule has 0 amide bonds. The molecule has 114 valence electrons. The molecule has 1 unspecified atom stereocenters. The van der Waals surface area contributed by atoms with E-state index in [0.717, 1.165) is 8.02 Å². The smallest absolute Gasteiger partial charge is 0.198 e. The largest absolute Gasteiger partial charge is 0.313 e. The van der Waals surface area contributed by atoms with Crippen molar-refractivity contribution < 1.29 is 8.42 Å². The van der Waals surface area contributed by atoms with Crippen molar-refractivity contribution >= 4 is 74.2 Å². The normalized spacial score (nSPS) is 14.3. The van der Waals surface area contributed by atoms with Gasteiger partial charge in [0.2, 0.25) is 3.79 Å². The molecule has 1 rings (SSSR count). The number of alkyl halides is 4. The first-order valence-corrected chi connectivity index (χ1v) is 9.02. The minimum Gasteiger partial charge on any atom is -0.198 e. The highest BCUT2D eigenvalue weighted by molar-refractivity contribution is 8.14. The molecule has 0 aromatic heterocycles. The Morgan fingerprint density at radius 3 is 2.05 bits per heavy atom. The van der Waals surface area contributed by atoms with Crippen molar-refractivity contribution in [3.8, 4) is 0 Å². The first-order chi connectivity index (χ1) is 9.06. The summed E-state index contributed by atoms with van der Waals surface area (Å²) < 4.78 is 23.9. The van der Waals surface area contributed by atoms with Crippen LogP contribution in [0.1, 0.15) is 0 Å². The second-order valence-electron chi connectivity index (χ2n) is 3.82. The molecule has 1 atom stereocenters. The fourth-order valence-electron chi connectivity index (χ4n) is 1.09. The summed E-state index contributed by atoms with van der Waals surface area (Å²) in [6.45, 7) is 0. The average Bonchev–Trinajstić information content (AvgIpc) is 2.35. The fourth-order valence-corrected chi connectivity index (χ4v) is 4.14. The lowest BCUT2D eigenvalue weighted by Gasteiger charge is -2.29. The Morgan fingerprint density at radius 2 is 1.65 bits per heavy atom. The van der Waals surface area contributed by atoms with Crippen LogP contribution in [0.5, 0.6) is 0 Å². The van der Waals surface area contributed by atoms with Crippen molar-refractivity contribution in [2.75, 3.05) is 17.8 Å². The summed E-state index contributed by atoms with van der Waals surface area (Å²) in [6, 6.07) is 8.41. The zero-order valence-electron chi connectivity index (χ0n) is 10.5. The molecule has 0 N–H and O–H groups in total. The molecule has 1 aromatic rings. The zero-order valence-corrected chi connectivity index (χ0v) is 15.2. The third-order valence-electron chi connectivity index (χ3n) is 2.08. The van der Waals surface area contributed by atoms with Crippen molar-refractivity contribution in [3.05, 3.63) is 30.3 Å². The summed E-state index contributed by atoms with van der Waals surface area (Å²) in [7, 11) is -0.964. The van der Waals surface area contributed by atoms with Gasteiger partial charge in [0.05, 0.1) is 5.69 Å². The molecule has 0 saturated carbocycles. The van der Waals surface area contributed by atoms with Crippen molar-refractivity contribution in [2.45, 2.75) is 8.50 Å². The Hall–Kier alpha value is 0.440. The number of anilines is 1. The standard InChI is InChI=1S/C10H12Cl4N2O2S2/c1-15(2)20(17,18)16(8-6-4-3-5-7-8)19-9(11)10(12,13)14/h3-7,9H,1-2H3. The van der Waals surface area contributed by atoms with Crippen molar-refractivity contribution in [2.24, 2.45) is 0 Å². The van der Waals surface area contributed by atoms with Gasteiger partial charge in [-0.25, -0.2) is 0 Å². The molecular weight excluding hydrogens is 386 g/mol. The Morgan fingerprint density at radius 1 is 1.15 bits per heavy atom.